The third-order valence-electron chi connectivity index (χ3n) is 17.2. The SMILES string of the molecule is CC(=O)N[C@H]1CCSC[C@@H](C(=O)N[C@@H](Cc2ccc(Cl)cc2)C(=O)N[C@@H](Cc2ccc3ccccc3c2)C(=O)NC(C)(C)C(=O)N[C@@H](CCC(=O)O)C(=O)N[C@@H](CC(N)=O)C(=O)NCC(N)=O)NC(=O)[C@H](CCC(N)=O)NC(=O)[C@H](Cc2c[nH]c3ccccc23)NC(=O)[C@H]([C@@H](C)O)NC(=O)[C@H](CCC(N)=O)NC1=O. The number of amides is 16. The first-order chi connectivity index (χ1) is 51.5. The number of aliphatic hydroxyl groups excluding tert-OH is 1. The Balaban J connectivity index is 1.40. The number of hydrogen-bond acceptors (Lipinski definition) is 19. The summed E-state index contributed by atoms with van der Waals surface area (Å²) in [5, 5.41) is 52.7. The number of aliphatic carboxylic acids is 1. The van der Waals surface area contributed by atoms with E-state index in [0.717, 1.165) is 31.0 Å². The molecular weight excluding hydrogens is 1460 g/mol. The second kappa shape index (κ2) is 40.8. The largest absolute Gasteiger partial charge is 0.481 e. The number of halogens is 1. The van der Waals surface area contributed by atoms with Crippen LogP contribution in [0.1, 0.15) is 95.8 Å². The predicted octanol–water partition coefficient (Wildman–Crippen LogP) is -3.84. The molecule has 23 N–H and O–H groups in total. The molecule has 1 aliphatic rings. The molecule has 0 saturated carbocycles. The number of hydrogen-bond donors (Lipinski definition) is 19. The number of aliphatic hydroxyl groups is 1. The molecule has 0 spiro atoms. The summed E-state index contributed by atoms with van der Waals surface area (Å²) in [5.74, 6) is -18.7. The van der Waals surface area contributed by atoms with Gasteiger partial charge >= 0.3 is 5.97 Å². The van der Waals surface area contributed by atoms with Crippen LogP contribution in [-0.4, -0.2) is 206 Å². The lowest BCUT2D eigenvalue weighted by atomic mass is 9.97. The zero-order valence-electron chi connectivity index (χ0n) is 59.9. The van der Waals surface area contributed by atoms with E-state index in [4.69, 9.17) is 34.5 Å². The highest BCUT2D eigenvalue weighted by atomic mass is 35.5. The van der Waals surface area contributed by atoms with Crippen molar-refractivity contribution in [2.24, 2.45) is 22.9 Å². The van der Waals surface area contributed by atoms with Crippen molar-refractivity contribution in [3.05, 3.63) is 119 Å². The number of aromatic amines is 1. The molecule has 1 aromatic heterocycles. The molecular formula is C71H90ClN17O19S. The fourth-order valence-electron chi connectivity index (χ4n) is 11.4. The molecule has 1 aliphatic heterocycles. The van der Waals surface area contributed by atoms with Gasteiger partial charge in [0.2, 0.25) is 94.5 Å². The maximum atomic E-state index is 15.3. The van der Waals surface area contributed by atoms with Gasteiger partial charge in [-0.25, -0.2) is 0 Å². The zero-order chi connectivity index (χ0) is 80.4. The summed E-state index contributed by atoms with van der Waals surface area (Å²) in [6.07, 6.45) is -5.71. The van der Waals surface area contributed by atoms with E-state index in [1.807, 2.05) is 6.07 Å². The Bertz CT molecular complexity index is 4230. The topological polar surface area (TPSA) is 595 Å². The first-order valence-electron chi connectivity index (χ1n) is 34.5. The van der Waals surface area contributed by atoms with Gasteiger partial charge in [0.25, 0.3) is 0 Å². The monoisotopic (exact) mass is 1550 g/mol. The molecule has 4 aromatic carbocycles. The molecule has 16 amide bonds. The molecule has 0 unspecified atom stereocenters. The predicted molar refractivity (Wildman–Crippen MR) is 395 cm³/mol. The average molecular weight is 1550 g/mol. The summed E-state index contributed by atoms with van der Waals surface area (Å²) in [7, 11) is 0. The van der Waals surface area contributed by atoms with Crippen LogP contribution in [0.2, 0.25) is 5.02 Å². The molecule has 2 heterocycles. The molecule has 36 nitrogen and oxygen atoms in total. The zero-order valence-corrected chi connectivity index (χ0v) is 61.5. The Kier molecular flexibility index (Phi) is 32.3. The maximum Gasteiger partial charge on any atom is 0.303 e. The fraction of sp³-hybridized carbons (Fsp3) is 0.423. The van der Waals surface area contributed by atoms with Crippen LogP contribution in [0.3, 0.4) is 0 Å². The van der Waals surface area contributed by atoms with Crippen LogP contribution >= 0.6 is 23.4 Å². The number of carboxylic acid groups (broad SMARTS) is 1. The van der Waals surface area contributed by atoms with Crippen molar-refractivity contribution in [1.29, 1.82) is 0 Å². The number of carboxylic acids is 1. The minimum absolute atomic E-state index is 0.140. The summed E-state index contributed by atoms with van der Waals surface area (Å²) < 4.78 is 0. The van der Waals surface area contributed by atoms with E-state index >= 15 is 19.2 Å². The fourth-order valence-corrected chi connectivity index (χ4v) is 12.6. The van der Waals surface area contributed by atoms with Gasteiger partial charge in [0, 0.05) is 73.3 Å². The summed E-state index contributed by atoms with van der Waals surface area (Å²) in [6, 6.07) is 8.00. The Morgan fingerprint density at radius 2 is 1.17 bits per heavy atom. The number of H-pyrrole nitrogens is 1. The molecule has 0 aliphatic carbocycles. The Morgan fingerprint density at radius 3 is 1.80 bits per heavy atom. The van der Waals surface area contributed by atoms with Gasteiger partial charge in [0.1, 0.15) is 66.0 Å². The lowest BCUT2D eigenvalue weighted by molar-refractivity contribution is -0.139. The molecule has 0 bridgehead atoms. The van der Waals surface area contributed by atoms with Crippen molar-refractivity contribution in [3.63, 3.8) is 0 Å². The van der Waals surface area contributed by atoms with Crippen molar-refractivity contribution >= 4 is 146 Å². The van der Waals surface area contributed by atoms with Crippen LogP contribution < -0.4 is 86.7 Å². The number of fused-ring (bicyclic) bond motifs is 2. The van der Waals surface area contributed by atoms with Crippen LogP contribution in [0.25, 0.3) is 21.7 Å². The van der Waals surface area contributed by atoms with E-state index in [1.54, 1.807) is 66.9 Å². The van der Waals surface area contributed by atoms with Gasteiger partial charge in [-0.15, -0.1) is 0 Å². The van der Waals surface area contributed by atoms with Gasteiger partial charge in [0.05, 0.1) is 19.1 Å². The van der Waals surface area contributed by atoms with E-state index in [9.17, 15) is 72.5 Å². The highest BCUT2D eigenvalue weighted by Gasteiger charge is 2.40. The van der Waals surface area contributed by atoms with Crippen LogP contribution in [0, 0.1) is 0 Å². The van der Waals surface area contributed by atoms with Gasteiger partial charge in [0.15, 0.2) is 0 Å². The number of benzene rings is 4. The smallest absolute Gasteiger partial charge is 0.303 e. The molecule has 1 fully saturated rings. The van der Waals surface area contributed by atoms with Crippen LogP contribution in [-0.2, 0) is 101 Å². The Hall–Kier alpha value is -11.7. The molecule has 5 aromatic rings. The van der Waals surface area contributed by atoms with Crippen LogP contribution in [0.4, 0.5) is 0 Å². The number of thioether (sulfide) groups is 1. The van der Waals surface area contributed by atoms with E-state index in [2.05, 4.69) is 68.8 Å². The van der Waals surface area contributed by atoms with Gasteiger partial charge < -0.3 is 102 Å². The molecule has 0 radical (unpaired) electrons. The minimum atomic E-state index is -2.08. The van der Waals surface area contributed by atoms with Crippen molar-refractivity contribution < 1.29 is 91.7 Å². The molecule has 586 valence electrons. The van der Waals surface area contributed by atoms with E-state index < -0.39 is 230 Å². The van der Waals surface area contributed by atoms with Crippen molar-refractivity contribution in [2.75, 3.05) is 18.1 Å². The normalized spacial score (nSPS) is 19.0. The van der Waals surface area contributed by atoms with E-state index in [0.29, 0.717) is 33.0 Å². The van der Waals surface area contributed by atoms with Gasteiger partial charge in [-0.2, -0.15) is 11.8 Å². The highest BCUT2D eigenvalue weighted by molar-refractivity contribution is 7.99. The molecule has 6 rings (SSSR count). The lowest BCUT2D eigenvalue weighted by Crippen LogP contribution is -2.64. The molecule has 1 saturated heterocycles. The minimum Gasteiger partial charge on any atom is -0.481 e. The van der Waals surface area contributed by atoms with Crippen molar-refractivity contribution in [2.45, 2.75) is 170 Å². The van der Waals surface area contributed by atoms with E-state index in [-0.39, 0.29) is 36.5 Å². The van der Waals surface area contributed by atoms with Gasteiger partial charge in [-0.3, -0.25) is 81.5 Å². The Labute approximate surface area is 633 Å². The molecule has 109 heavy (non-hydrogen) atoms. The highest BCUT2D eigenvalue weighted by Crippen LogP contribution is 2.22. The summed E-state index contributed by atoms with van der Waals surface area (Å²) in [4.78, 5) is 235. The number of primary amides is 4. The quantitative estimate of drug-likeness (QED) is 0.0196. The average Bonchev–Trinajstić information content (AvgIpc) is 1.80. The standard InChI is InChI=1S/C71H90ClN17O19S/c1-35(90)59-69(107)85-51(30-41-32-77-44-12-8-7-11-43(41)44)66(104)81-45(19-22-54(73)92)61(99)86-53(34-109-26-25-48(79-36(2)91)63(101)80-46(64(102)88-59)20-23-55(74)93)67(105)82-49(28-37-14-17-42(72)18-15-37)65(103)83-50(29-38-13-16-39-9-5-6-10-40(39)27-38)68(106)89-71(3,4)70(108)87-47(21-24-58(96)97)62(100)84-52(31-56(75)94)60(98)78-33-57(76)95/h5-18,27,32,35,45-53,59,77,90H,19-26,28-31,33-34H2,1-4H3,(H2,73,92)(H2,74,93)(H2,75,94)(H2,76,95)(H,78,98)(H,79,91)(H,80,101)(H,81,104)(H,82,105)(H,83,103)(H,84,100)(H,85,107)(H,86,99)(H,87,108)(H,88,102)(H,89,106)(H,96,97)/t35-,45+,46+,47+,48+,49+,50+,51+,52+,53+,59+/m1/s1. The van der Waals surface area contributed by atoms with Crippen LogP contribution in [0.15, 0.2) is 97.2 Å². The first kappa shape index (κ1) is 86.2. The van der Waals surface area contributed by atoms with Gasteiger partial charge in [-0.05, 0) is 97.9 Å². The third kappa shape index (κ3) is 27.5. The lowest BCUT2D eigenvalue weighted by Gasteiger charge is -2.31. The number of nitrogens with one attached hydrogen (secondary N) is 13. The summed E-state index contributed by atoms with van der Waals surface area (Å²) in [5.41, 5.74) is 21.3. The summed E-state index contributed by atoms with van der Waals surface area (Å²) >= 11 is 7.21. The first-order valence-corrected chi connectivity index (χ1v) is 36.0. The number of para-hydroxylation sites is 1. The number of carbonyl (C=O) groups is 17. The Morgan fingerprint density at radius 1 is 0.606 bits per heavy atom. The van der Waals surface area contributed by atoms with E-state index in [1.165, 1.54) is 38.1 Å². The van der Waals surface area contributed by atoms with Crippen LogP contribution in [0.5, 0.6) is 0 Å². The second-order valence-corrected chi connectivity index (χ2v) is 28.1. The van der Waals surface area contributed by atoms with Crippen molar-refractivity contribution in [1.82, 2.24) is 68.8 Å². The van der Waals surface area contributed by atoms with Gasteiger partial charge in [-0.1, -0.05) is 84.4 Å². The maximum absolute atomic E-state index is 15.3. The number of nitrogens with two attached hydrogens (primary N) is 4. The second-order valence-electron chi connectivity index (χ2n) is 26.5. The van der Waals surface area contributed by atoms with Crippen molar-refractivity contribution in [3.8, 4) is 0 Å². The third-order valence-corrected chi connectivity index (χ3v) is 18.5. The summed E-state index contributed by atoms with van der Waals surface area (Å²) in [6.45, 7) is 3.90. The molecule has 11 atom stereocenters. The number of aromatic nitrogens is 1. The number of rotatable bonds is 32. The molecule has 38 heteroatoms. The number of carbonyl (C=O) groups excluding carboxylic acids is 16.